The molecule has 1 aromatic rings. The molecule has 0 heterocycles. The number of benzene rings is 1. The fraction of sp³-hybridized carbons (Fsp3) is 0.400. The molecule has 0 aromatic heterocycles. The Hall–Kier alpha value is -0.350. The molecule has 0 aliphatic heterocycles. The standard InChI is InChI=1S/C10H15P/c1-7(2)9-5-4-8(3)6-10(9)11/h4-7H,11H2,1-3H3. The first kappa shape index (κ1) is 8.74. The summed E-state index contributed by atoms with van der Waals surface area (Å²) in [5.74, 6) is 0.628. The predicted octanol–water partition coefficient (Wildman–Crippen LogP) is 2.62. The molecule has 0 fully saturated rings. The molecular weight excluding hydrogens is 151 g/mol. The van der Waals surface area contributed by atoms with E-state index >= 15 is 0 Å². The lowest BCUT2D eigenvalue weighted by atomic mass is 10.0. The maximum Gasteiger partial charge on any atom is -0.0213 e. The Morgan fingerprint density at radius 2 is 1.91 bits per heavy atom. The van der Waals surface area contributed by atoms with E-state index in [0.29, 0.717) is 5.92 Å². The van der Waals surface area contributed by atoms with Gasteiger partial charge in [0.05, 0.1) is 0 Å². The van der Waals surface area contributed by atoms with Gasteiger partial charge in [-0.2, -0.15) is 0 Å². The van der Waals surface area contributed by atoms with Gasteiger partial charge in [-0.1, -0.05) is 37.6 Å². The summed E-state index contributed by atoms with van der Waals surface area (Å²) >= 11 is 0. The average Bonchev–Trinajstić information content (AvgIpc) is 1.85. The van der Waals surface area contributed by atoms with Crippen LogP contribution in [0.15, 0.2) is 18.2 Å². The van der Waals surface area contributed by atoms with E-state index in [1.54, 1.807) is 0 Å². The van der Waals surface area contributed by atoms with Gasteiger partial charge in [0.1, 0.15) is 0 Å². The first-order valence-electron chi connectivity index (χ1n) is 3.97. The van der Waals surface area contributed by atoms with Gasteiger partial charge in [-0.3, -0.25) is 0 Å². The summed E-state index contributed by atoms with van der Waals surface area (Å²) in [5, 5.41) is 1.33. The monoisotopic (exact) mass is 166 g/mol. The molecule has 1 atom stereocenters. The van der Waals surface area contributed by atoms with Gasteiger partial charge in [-0.05, 0) is 23.7 Å². The van der Waals surface area contributed by atoms with Gasteiger partial charge in [0.15, 0.2) is 0 Å². The van der Waals surface area contributed by atoms with Crippen molar-refractivity contribution in [2.24, 2.45) is 0 Å². The highest BCUT2D eigenvalue weighted by Crippen LogP contribution is 2.14. The minimum atomic E-state index is 0.628. The summed E-state index contributed by atoms with van der Waals surface area (Å²) in [5.41, 5.74) is 2.76. The molecule has 0 amide bonds. The van der Waals surface area contributed by atoms with Crippen molar-refractivity contribution in [3.05, 3.63) is 29.3 Å². The smallest absolute Gasteiger partial charge is 0.0213 e. The van der Waals surface area contributed by atoms with Crippen molar-refractivity contribution in [1.29, 1.82) is 0 Å². The molecule has 0 saturated heterocycles. The molecule has 0 aliphatic carbocycles. The molecule has 1 heteroatoms. The lowest BCUT2D eigenvalue weighted by Crippen LogP contribution is -2.03. The van der Waals surface area contributed by atoms with Crippen LogP contribution in [0.5, 0.6) is 0 Å². The lowest BCUT2D eigenvalue weighted by Gasteiger charge is -2.09. The van der Waals surface area contributed by atoms with E-state index in [9.17, 15) is 0 Å². The Kier molecular flexibility index (Phi) is 2.67. The van der Waals surface area contributed by atoms with Crippen molar-refractivity contribution in [3.63, 3.8) is 0 Å². The van der Waals surface area contributed by atoms with Crippen LogP contribution in [0.3, 0.4) is 0 Å². The van der Waals surface area contributed by atoms with Crippen molar-refractivity contribution < 1.29 is 0 Å². The Bertz CT molecular complexity index is 251. The molecule has 0 spiro atoms. The SMILES string of the molecule is Cc1ccc(C(C)C)c(P)c1. The van der Waals surface area contributed by atoms with Crippen LogP contribution in [-0.2, 0) is 0 Å². The van der Waals surface area contributed by atoms with Gasteiger partial charge < -0.3 is 0 Å². The second kappa shape index (κ2) is 3.36. The summed E-state index contributed by atoms with van der Waals surface area (Å²) in [6.07, 6.45) is 0. The summed E-state index contributed by atoms with van der Waals surface area (Å²) < 4.78 is 0. The van der Waals surface area contributed by atoms with E-state index in [-0.39, 0.29) is 0 Å². The van der Waals surface area contributed by atoms with Gasteiger partial charge in [0.2, 0.25) is 0 Å². The molecule has 1 rings (SSSR count). The molecule has 0 nitrogen and oxygen atoms in total. The van der Waals surface area contributed by atoms with Crippen molar-refractivity contribution in [1.82, 2.24) is 0 Å². The average molecular weight is 166 g/mol. The van der Waals surface area contributed by atoms with Crippen LogP contribution in [0.1, 0.15) is 30.9 Å². The van der Waals surface area contributed by atoms with Gasteiger partial charge >= 0.3 is 0 Å². The zero-order valence-electron chi connectivity index (χ0n) is 7.39. The number of hydrogen-bond donors (Lipinski definition) is 0. The highest BCUT2D eigenvalue weighted by molar-refractivity contribution is 7.27. The third-order valence-electron chi connectivity index (χ3n) is 1.86. The molecule has 0 aliphatic rings. The fourth-order valence-corrected chi connectivity index (χ4v) is 1.91. The van der Waals surface area contributed by atoms with Crippen LogP contribution in [0.2, 0.25) is 0 Å². The predicted molar refractivity (Wildman–Crippen MR) is 54.6 cm³/mol. The molecule has 0 bridgehead atoms. The number of hydrogen-bond acceptors (Lipinski definition) is 0. The van der Waals surface area contributed by atoms with Crippen LogP contribution in [0.25, 0.3) is 0 Å². The summed E-state index contributed by atoms with van der Waals surface area (Å²) in [6, 6.07) is 6.59. The van der Waals surface area contributed by atoms with E-state index in [1.807, 2.05) is 0 Å². The van der Waals surface area contributed by atoms with Crippen molar-refractivity contribution >= 4 is 14.5 Å². The fourth-order valence-electron chi connectivity index (χ4n) is 1.22. The first-order chi connectivity index (χ1) is 5.11. The van der Waals surface area contributed by atoms with Crippen molar-refractivity contribution in [3.8, 4) is 0 Å². The molecular formula is C10H15P. The Balaban J connectivity index is 3.09. The van der Waals surface area contributed by atoms with Crippen molar-refractivity contribution in [2.45, 2.75) is 26.7 Å². The van der Waals surface area contributed by atoms with Gasteiger partial charge in [0.25, 0.3) is 0 Å². The maximum absolute atomic E-state index is 2.79. The second-order valence-corrected chi connectivity index (χ2v) is 3.91. The van der Waals surface area contributed by atoms with E-state index < -0.39 is 0 Å². The topological polar surface area (TPSA) is 0 Å². The normalized spacial score (nSPS) is 10.6. The van der Waals surface area contributed by atoms with Gasteiger partial charge in [-0.15, -0.1) is 9.24 Å². The van der Waals surface area contributed by atoms with Crippen LogP contribution < -0.4 is 5.30 Å². The zero-order chi connectivity index (χ0) is 8.43. The van der Waals surface area contributed by atoms with Crippen LogP contribution in [0, 0.1) is 6.92 Å². The van der Waals surface area contributed by atoms with Crippen molar-refractivity contribution in [2.75, 3.05) is 0 Å². The third-order valence-corrected chi connectivity index (χ3v) is 2.36. The van der Waals surface area contributed by atoms with Crippen LogP contribution >= 0.6 is 9.24 Å². The van der Waals surface area contributed by atoms with E-state index in [1.165, 1.54) is 16.4 Å². The number of aryl methyl sites for hydroxylation is 1. The molecule has 60 valence electrons. The first-order valence-corrected chi connectivity index (χ1v) is 4.55. The molecule has 0 saturated carbocycles. The Labute approximate surface area is 71.2 Å². The molecule has 0 radical (unpaired) electrons. The summed E-state index contributed by atoms with van der Waals surface area (Å²) in [6.45, 7) is 6.56. The summed E-state index contributed by atoms with van der Waals surface area (Å²) in [7, 11) is 2.79. The molecule has 1 unspecified atom stereocenters. The third kappa shape index (κ3) is 2.04. The summed E-state index contributed by atoms with van der Waals surface area (Å²) in [4.78, 5) is 0. The van der Waals surface area contributed by atoms with Crippen LogP contribution in [-0.4, -0.2) is 0 Å². The molecule has 11 heavy (non-hydrogen) atoms. The maximum atomic E-state index is 2.79. The Morgan fingerprint density at radius 1 is 1.27 bits per heavy atom. The largest absolute Gasteiger partial charge is 0.105 e. The molecule has 0 N–H and O–H groups in total. The number of rotatable bonds is 1. The molecule has 1 aromatic carbocycles. The van der Waals surface area contributed by atoms with Crippen LogP contribution in [0.4, 0.5) is 0 Å². The van der Waals surface area contributed by atoms with E-state index in [2.05, 4.69) is 48.2 Å². The Morgan fingerprint density at radius 3 is 2.36 bits per heavy atom. The van der Waals surface area contributed by atoms with E-state index in [0.717, 1.165) is 0 Å². The zero-order valence-corrected chi connectivity index (χ0v) is 8.54. The highest BCUT2D eigenvalue weighted by Gasteiger charge is 2.01. The minimum Gasteiger partial charge on any atom is -0.105 e. The van der Waals surface area contributed by atoms with Gasteiger partial charge in [-0.25, -0.2) is 0 Å². The quantitative estimate of drug-likeness (QED) is 0.562. The highest BCUT2D eigenvalue weighted by atomic mass is 31.0. The second-order valence-electron chi connectivity index (χ2n) is 3.29. The lowest BCUT2D eigenvalue weighted by molar-refractivity contribution is 0.873. The van der Waals surface area contributed by atoms with Gasteiger partial charge in [0, 0.05) is 0 Å². The minimum absolute atomic E-state index is 0.628. The van der Waals surface area contributed by atoms with E-state index in [4.69, 9.17) is 0 Å².